The summed E-state index contributed by atoms with van der Waals surface area (Å²) in [4.78, 5) is 6.62. The molecule has 0 saturated carbocycles. The van der Waals surface area contributed by atoms with Crippen LogP contribution < -0.4 is 4.90 Å². The average molecular weight is 231 g/mol. The molecule has 0 aliphatic rings. The van der Waals surface area contributed by atoms with Crippen molar-refractivity contribution in [3.05, 3.63) is 23.9 Å². The monoisotopic (exact) mass is 231 g/mol. The van der Waals surface area contributed by atoms with Gasteiger partial charge < -0.3 is 4.90 Å². The molecule has 0 saturated heterocycles. The summed E-state index contributed by atoms with van der Waals surface area (Å²) < 4.78 is 0. The maximum absolute atomic E-state index is 8.90. The molecular formula is C14H21N3. The van der Waals surface area contributed by atoms with Crippen LogP contribution in [0, 0.1) is 11.3 Å². The highest BCUT2D eigenvalue weighted by molar-refractivity contribution is 5.45. The fraction of sp³-hybridized carbons (Fsp3) is 0.571. The molecule has 17 heavy (non-hydrogen) atoms. The summed E-state index contributed by atoms with van der Waals surface area (Å²) in [6.45, 7) is 7.53. The van der Waals surface area contributed by atoms with E-state index in [0.29, 0.717) is 11.6 Å². The van der Waals surface area contributed by atoms with E-state index in [9.17, 15) is 0 Å². The van der Waals surface area contributed by atoms with Crippen LogP contribution >= 0.6 is 0 Å². The van der Waals surface area contributed by atoms with Crippen LogP contribution in [0.25, 0.3) is 0 Å². The third kappa shape index (κ3) is 4.07. The minimum atomic E-state index is 0.410. The van der Waals surface area contributed by atoms with E-state index in [-0.39, 0.29) is 0 Å². The van der Waals surface area contributed by atoms with Gasteiger partial charge >= 0.3 is 0 Å². The number of nitrogens with zero attached hydrogens (tertiary/aromatic N) is 3. The Balaban J connectivity index is 2.78. The van der Waals surface area contributed by atoms with Gasteiger partial charge in [0.15, 0.2) is 0 Å². The van der Waals surface area contributed by atoms with Crippen molar-refractivity contribution < 1.29 is 0 Å². The minimum absolute atomic E-state index is 0.410. The molecule has 0 amide bonds. The maximum Gasteiger partial charge on any atom is 0.130 e. The van der Waals surface area contributed by atoms with E-state index in [2.05, 4.69) is 36.7 Å². The molecule has 0 unspecified atom stereocenters. The van der Waals surface area contributed by atoms with Crippen molar-refractivity contribution in [1.82, 2.24) is 4.98 Å². The fourth-order valence-electron chi connectivity index (χ4n) is 1.81. The van der Waals surface area contributed by atoms with Crippen LogP contribution in [0.4, 0.5) is 5.82 Å². The highest BCUT2D eigenvalue weighted by Crippen LogP contribution is 2.16. The number of pyridine rings is 1. The lowest BCUT2D eigenvalue weighted by Crippen LogP contribution is -2.32. The van der Waals surface area contributed by atoms with Crippen LogP contribution in [0.3, 0.4) is 0 Å². The van der Waals surface area contributed by atoms with Gasteiger partial charge in [-0.15, -0.1) is 0 Å². The second-order valence-electron chi connectivity index (χ2n) is 4.51. The lowest BCUT2D eigenvalue weighted by molar-refractivity contribution is 0.620. The van der Waals surface area contributed by atoms with Gasteiger partial charge in [-0.25, -0.2) is 4.98 Å². The smallest absolute Gasteiger partial charge is 0.130 e. The third-order valence-electron chi connectivity index (χ3n) is 2.79. The Morgan fingerprint density at radius 2 is 2.18 bits per heavy atom. The van der Waals surface area contributed by atoms with E-state index in [1.807, 2.05) is 6.07 Å². The second-order valence-corrected chi connectivity index (χ2v) is 4.51. The van der Waals surface area contributed by atoms with Crippen molar-refractivity contribution in [1.29, 1.82) is 5.26 Å². The number of unbranched alkanes of at least 4 members (excludes halogenated alkanes) is 2. The van der Waals surface area contributed by atoms with E-state index < -0.39 is 0 Å². The molecule has 3 heteroatoms. The van der Waals surface area contributed by atoms with Gasteiger partial charge in [-0.05, 0) is 32.4 Å². The molecule has 1 rings (SSSR count). The normalized spacial score (nSPS) is 10.3. The van der Waals surface area contributed by atoms with Crippen molar-refractivity contribution in [3.8, 4) is 6.07 Å². The number of nitriles is 1. The van der Waals surface area contributed by atoms with Gasteiger partial charge in [-0.3, -0.25) is 0 Å². The fourth-order valence-corrected chi connectivity index (χ4v) is 1.81. The summed E-state index contributed by atoms with van der Waals surface area (Å²) in [6.07, 6.45) is 5.34. The molecular weight excluding hydrogens is 210 g/mol. The maximum atomic E-state index is 8.90. The van der Waals surface area contributed by atoms with Gasteiger partial charge in [0.1, 0.15) is 5.82 Å². The first kappa shape index (κ1) is 13.5. The van der Waals surface area contributed by atoms with Gasteiger partial charge in [0, 0.05) is 18.8 Å². The van der Waals surface area contributed by atoms with Crippen molar-refractivity contribution in [2.75, 3.05) is 11.4 Å². The van der Waals surface area contributed by atoms with Gasteiger partial charge in [0.05, 0.1) is 11.6 Å². The molecule has 0 N–H and O–H groups in total. The summed E-state index contributed by atoms with van der Waals surface area (Å²) in [5, 5.41) is 8.90. The van der Waals surface area contributed by atoms with Crippen LogP contribution in [0.5, 0.6) is 0 Å². The zero-order valence-corrected chi connectivity index (χ0v) is 11.0. The molecule has 3 nitrogen and oxygen atoms in total. The highest BCUT2D eigenvalue weighted by Gasteiger charge is 2.11. The zero-order chi connectivity index (χ0) is 12.7. The molecule has 0 spiro atoms. The second kappa shape index (κ2) is 6.90. The topological polar surface area (TPSA) is 39.9 Å². The predicted molar refractivity (Wildman–Crippen MR) is 71.0 cm³/mol. The number of rotatable bonds is 6. The van der Waals surface area contributed by atoms with Crippen LogP contribution in [-0.4, -0.2) is 17.6 Å². The molecule has 1 aromatic rings. The highest BCUT2D eigenvalue weighted by atomic mass is 15.2. The van der Waals surface area contributed by atoms with Crippen LogP contribution in [-0.2, 0) is 0 Å². The van der Waals surface area contributed by atoms with Gasteiger partial charge in [-0.1, -0.05) is 19.8 Å². The molecule has 0 aromatic carbocycles. The van der Waals surface area contributed by atoms with E-state index in [4.69, 9.17) is 5.26 Å². The zero-order valence-electron chi connectivity index (χ0n) is 11.0. The molecule has 92 valence electrons. The predicted octanol–water partition coefficient (Wildman–Crippen LogP) is 3.36. The Labute approximate surface area is 104 Å². The Morgan fingerprint density at radius 3 is 2.76 bits per heavy atom. The van der Waals surface area contributed by atoms with Crippen molar-refractivity contribution in [2.24, 2.45) is 0 Å². The summed E-state index contributed by atoms with van der Waals surface area (Å²) >= 11 is 0. The van der Waals surface area contributed by atoms with E-state index in [1.54, 1.807) is 12.3 Å². The molecule has 1 heterocycles. The van der Waals surface area contributed by atoms with E-state index in [0.717, 1.165) is 12.4 Å². The van der Waals surface area contributed by atoms with Gasteiger partial charge in [-0.2, -0.15) is 5.26 Å². The Hall–Kier alpha value is -1.56. The van der Waals surface area contributed by atoms with Crippen LogP contribution in [0.1, 0.15) is 45.6 Å². The number of anilines is 1. The van der Waals surface area contributed by atoms with E-state index >= 15 is 0 Å². The lowest BCUT2D eigenvalue weighted by atomic mass is 10.2. The molecule has 0 bridgehead atoms. The number of aromatic nitrogens is 1. The van der Waals surface area contributed by atoms with Gasteiger partial charge in [0.25, 0.3) is 0 Å². The van der Waals surface area contributed by atoms with Crippen LogP contribution in [0.15, 0.2) is 18.3 Å². The van der Waals surface area contributed by atoms with Crippen LogP contribution in [0.2, 0.25) is 0 Å². The molecule has 1 aromatic heterocycles. The third-order valence-corrected chi connectivity index (χ3v) is 2.79. The number of hydrogen-bond donors (Lipinski definition) is 0. The average Bonchev–Trinajstić information content (AvgIpc) is 2.34. The van der Waals surface area contributed by atoms with Crippen molar-refractivity contribution in [2.45, 2.75) is 46.1 Å². The minimum Gasteiger partial charge on any atom is -0.354 e. The summed E-state index contributed by atoms with van der Waals surface area (Å²) in [7, 11) is 0. The molecule has 0 radical (unpaired) electrons. The summed E-state index contributed by atoms with van der Waals surface area (Å²) in [5.74, 6) is 0.912. The Morgan fingerprint density at radius 1 is 1.41 bits per heavy atom. The largest absolute Gasteiger partial charge is 0.354 e. The summed E-state index contributed by atoms with van der Waals surface area (Å²) in [6, 6.07) is 6.18. The lowest BCUT2D eigenvalue weighted by Gasteiger charge is -2.27. The van der Waals surface area contributed by atoms with Gasteiger partial charge in [0.2, 0.25) is 0 Å². The molecule has 0 fully saturated rings. The van der Waals surface area contributed by atoms with Crippen molar-refractivity contribution >= 4 is 5.82 Å². The summed E-state index contributed by atoms with van der Waals surface area (Å²) in [5.41, 5.74) is 0.677. The quantitative estimate of drug-likeness (QED) is 0.705. The van der Waals surface area contributed by atoms with Crippen molar-refractivity contribution in [3.63, 3.8) is 0 Å². The molecule has 0 atom stereocenters. The first-order valence-electron chi connectivity index (χ1n) is 6.31. The van der Waals surface area contributed by atoms with E-state index in [1.165, 1.54) is 19.3 Å². The Bertz CT molecular complexity index is 379. The first-order chi connectivity index (χ1) is 8.19. The molecule has 0 aliphatic carbocycles. The SMILES string of the molecule is CCCCCN(c1cc(C#N)ccn1)C(C)C. The standard InChI is InChI=1S/C14H21N3/c1-4-5-6-9-17(12(2)3)14-10-13(11-15)7-8-16-14/h7-8,10,12H,4-6,9H2,1-3H3. The molecule has 0 aliphatic heterocycles. The first-order valence-corrected chi connectivity index (χ1v) is 6.31. The number of hydrogen-bond acceptors (Lipinski definition) is 3. The Kier molecular flexibility index (Phi) is 5.48.